The number of nitrogens with one attached hydrogen (secondary N) is 1. The van der Waals surface area contributed by atoms with Crippen LogP contribution in [0, 0.1) is 0 Å². The van der Waals surface area contributed by atoms with Crippen molar-refractivity contribution in [2.75, 3.05) is 24.3 Å². The summed E-state index contributed by atoms with van der Waals surface area (Å²) >= 11 is 0. The predicted octanol–water partition coefficient (Wildman–Crippen LogP) is 2.63. The van der Waals surface area contributed by atoms with Crippen molar-refractivity contribution >= 4 is 21.4 Å². The van der Waals surface area contributed by atoms with Crippen molar-refractivity contribution in [2.45, 2.75) is 17.6 Å². The van der Waals surface area contributed by atoms with Crippen LogP contribution in [0.25, 0.3) is 0 Å². The standard InChI is InChI=1S/C18H17F3N2O5S/c1-29(26,27)13-4-2-12(14(9-13)18(19,20)21)10-23-6-7-28-16-5-3-11(8-15(16)23)17(24)22-25/h2-5,8-9,25H,6-7,10H2,1H3,(H,22,24). The first-order valence-electron chi connectivity index (χ1n) is 8.37. The molecule has 29 heavy (non-hydrogen) atoms. The summed E-state index contributed by atoms with van der Waals surface area (Å²) in [4.78, 5) is 12.8. The molecule has 1 aliphatic heterocycles. The van der Waals surface area contributed by atoms with Crippen molar-refractivity contribution in [3.8, 4) is 5.75 Å². The highest BCUT2D eigenvalue weighted by molar-refractivity contribution is 7.90. The van der Waals surface area contributed by atoms with Gasteiger partial charge in [-0.15, -0.1) is 0 Å². The largest absolute Gasteiger partial charge is 0.490 e. The molecule has 2 aromatic rings. The maximum absolute atomic E-state index is 13.6. The number of carbonyl (C=O) groups excluding carboxylic acids is 1. The van der Waals surface area contributed by atoms with Crippen LogP contribution in [0.3, 0.4) is 0 Å². The number of hydrogen-bond acceptors (Lipinski definition) is 6. The van der Waals surface area contributed by atoms with Gasteiger partial charge in [-0.3, -0.25) is 10.0 Å². The maximum Gasteiger partial charge on any atom is 0.416 e. The molecule has 0 saturated carbocycles. The fourth-order valence-corrected chi connectivity index (χ4v) is 3.68. The lowest BCUT2D eigenvalue weighted by molar-refractivity contribution is -0.138. The number of hydroxylamine groups is 1. The van der Waals surface area contributed by atoms with Crippen molar-refractivity contribution < 1.29 is 36.3 Å². The summed E-state index contributed by atoms with van der Waals surface area (Å²) in [5, 5.41) is 8.79. The molecule has 11 heteroatoms. The zero-order valence-electron chi connectivity index (χ0n) is 15.2. The molecule has 1 aliphatic rings. The van der Waals surface area contributed by atoms with Gasteiger partial charge >= 0.3 is 6.18 Å². The van der Waals surface area contributed by atoms with Crippen molar-refractivity contribution in [3.05, 3.63) is 53.1 Å². The van der Waals surface area contributed by atoms with E-state index in [1.54, 1.807) is 4.90 Å². The molecule has 0 atom stereocenters. The quantitative estimate of drug-likeness (QED) is 0.572. The van der Waals surface area contributed by atoms with E-state index in [1.807, 2.05) is 0 Å². The number of rotatable bonds is 4. The number of alkyl halides is 3. The van der Waals surface area contributed by atoms with E-state index in [0.29, 0.717) is 17.5 Å². The molecule has 0 spiro atoms. The molecule has 0 fully saturated rings. The SMILES string of the molecule is CS(=O)(=O)c1ccc(CN2CCOc3ccc(C(=O)NO)cc32)c(C(F)(F)F)c1. The van der Waals surface area contributed by atoms with Crippen LogP contribution in [-0.4, -0.2) is 38.9 Å². The van der Waals surface area contributed by atoms with Crippen molar-refractivity contribution in [2.24, 2.45) is 0 Å². The Morgan fingerprint density at radius 3 is 2.59 bits per heavy atom. The van der Waals surface area contributed by atoms with Gasteiger partial charge in [-0.05, 0) is 35.9 Å². The van der Waals surface area contributed by atoms with Crippen molar-refractivity contribution in [1.29, 1.82) is 0 Å². The molecular weight excluding hydrogens is 413 g/mol. The highest BCUT2D eigenvalue weighted by Gasteiger charge is 2.35. The number of halogens is 3. The third kappa shape index (κ3) is 4.46. The first kappa shape index (κ1) is 20.9. The van der Waals surface area contributed by atoms with Crippen molar-refractivity contribution in [3.63, 3.8) is 0 Å². The van der Waals surface area contributed by atoms with Crippen LogP contribution >= 0.6 is 0 Å². The van der Waals surface area contributed by atoms with Gasteiger partial charge in [0, 0.05) is 18.4 Å². The van der Waals surface area contributed by atoms with E-state index in [2.05, 4.69) is 0 Å². The molecule has 7 nitrogen and oxygen atoms in total. The molecule has 2 N–H and O–H groups in total. The van der Waals surface area contributed by atoms with Gasteiger partial charge in [0.15, 0.2) is 9.84 Å². The molecule has 1 heterocycles. The summed E-state index contributed by atoms with van der Waals surface area (Å²) in [6.45, 7) is 0.295. The zero-order valence-corrected chi connectivity index (χ0v) is 16.0. The smallest absolute Gasteiger partial charge is 0.416 e. The highest BCUT2D eigenvalue weighted by Crippen LogP contribution is 2.37. The second kappa shape index (κ2) is 7.56. The first-order chi connectivity index (χ1) is 13.5. The van der Waals surface area contributed by atoms with E-state index in [4.69, 9.17) is 9.94 Å². The van der Waals surface area contributed by atoms with Crippen LogP contribution in [0.15, 0.2) is 41.3 Å². The number of fused-ring (bicyclic) bond motifs is 1. The Morgan fingerprint density at radius 1 is 1.24 bits per heavy atom. The Balaban J connectivity index is 2.02. The molecule has 0 aromatic heterocycles. The van der Waals surface area contributed by atoms with Gasteiger partial charge in [-0.25, -0.2) is 13.9 Å². The number of anilines is 1. The van der Waals surface area contributed by atoms with E-state index in [-0.39, 0.29) is 30.8 Å². The topological polar surface area (TPSA) is 95.9 Å². The number of sulfone groups is 1. The van der Waals surface area contributed by atoms with E-state index in [1.165, 1.54) is 23.7 Å². The van der Waals surface area contributed by atoms with Crippen LogP contribution in [0.4, 0.5) is 18.9 Å². The van der Waals surface area contributed by atoms with E-state index >= 15 is 0 Å². The van der Waals surface area contributed by atoms with Gasteiger partial charge in [0.1, 0.15) is 12.4 Å². The number of ether oxygens (including phenoxy) is 1. The monoisotopic (exact) mass is 430 g/mol. The molecular formula is C18H17F3N2O5S. The summed E-state index contributed by atoms with van der Waals surface area (Å²) in [5.41, 5.74) is 0.827. The lowest BCUT2D eigenvalue weighted by Crippen LogP contribution is -2.33. The van der Waals surface area contributed by atoms with Gasteiger partial charge in [0.2, 0.25) is 0 Å². The van der Waals surface area contributed by atoms with Crippen LogP contribution in [0.1, 0.15) is 21.5 Å². The van der Waals surface area contributed by atoms with Gasteiger partial charge < -0.3 is 9.64 Å². The van der Waals surface area contributed by atoms with Crippen LogP contribution in [-0.2, 0) is 22.6 Å². The van der Waals surface area contributed by atoms with Gasteiger partial charge in [-0.1, -0.05) is 6.07 Å². The van der Waals surface area contributed by atoms with E-state index < -0.39 is 32.4 Å². The van der Waals surface area contributed by atoms with Gasteiger partial charge in [0.25, 0.3) is 5.91 Å². The molecule has 3 rings (SSSR count). The first-order valence-corrected chi connectivity index (χ1v) is 10.3. The second-order valence-corrected chi connectivity index (χ2v) is 8.50. The Kier molecular flexibility index (Phi) is 5.46. The number of carbonyl (C=O) groups is 1. The average molecular weight is 430 g/mol. The molecule has 0 saturated heterocycles. The van der Waals surface area contributed by atoms with Gasteiger partial charge in [0.05, 0.1) is 22.7 Å². The Hall–Kier alpha value is -2.79. The number of amides is 1. The van der Waals surface area contributed by atoms with Gasteiger partial charge in [-0.2, -0.15) is 13.2 Å². The van der Waals surface area contributed by atoms with E-state index in [9.17, 15) is 26.4 Å². The summed E-state index contributed by atoms with van der Waals surface area (Å²) in [6, 6.07) is 7.20. The molecule has 2 aromatic carbocycles. The minimum absolute atomic E-state index is 0.102. The number of benzene rings is 2. The lowest BCUT2D eigenvalue weighted by Gasteiger charge is -2.32. The number of hydrogen-bond donors (Lipinski definition) is 2. The lowest BCUT2D eigenvalue weighted by atomic mass is 10.0. The van der Waals surface area contributed by atoms with Crippen LogP contribution < -0.4 is 15.1 Å². The minimum Gasteiger partial charge on any atom is -0.490 e. The molecule has 0 unspecified atom stereocenters. The maximum atomic E-state index is 13.6. The average Bonchev–Trinajstić information content (AvgIpc) is 2.66. The Morgan fingerprint density at radius 2 is 1.97 bits per heavy atom. The molecule has 0 radical (unpaired) electrons. The molecule has 0 aliphatic carbocycles. The molecule has 156 valence electrons. The van der Waals surface area contributed by atoms with E-state index in [0.717, 1.165) is 18.4 Å². The number of nitrogens with zero attached hydrogens (tertiary/aromatic N) is 1. The fourth-order valence-electron chi connectivity index (χ4n) is 3.04. The fraction of sp³-hybridized carbons (Fsp3) is 0.278. The third-order valence-electron chi connectivity index (χ3n) is 4.46. The summed E-state index contributed by atoms with van der Waals surface area (Å²) in [7, 11) is -3.80. The third-order valence-corrected chi connectivity index (χ3v) is 5.57. The van der Waals surface area contributed by atoms with Crippen molar-refractivity contribution in [1.82, 2.24) is 5.48 Å². The zero-order chi connectivity index (χ0) is 21.4. The highest BCUT2D eigenvalue weighted by atomic mass is 32.2. The Labute approximate surface area is 164 Å². The molecule has 0 bridgehead atoms. The summed E-state index contributed by atoms with van der Waals surface area (Å²) in [6.07, 6.45) is -3.90. The predicted molar refractivity (Wildman–Crippen MR) is 96.8 cm³/mol. The molecule has 1 amide bonds. The minimum atomic E-state index is -4.75. The summed E-state index contributed by atoms with van der Waals surface area (Å²) < 4.78 is 69.5. The summed E-state index contributed by atoms with van der Waals surface area (Å²) in [5.74, 6) is -0.390. The second-order valence-electron chi connectivity index (χ2n) is 6.48. The van der Waals surface area contributed by atoms with Crippen LogP contribution in [0.5, 0.6) is 5.75 Å². The normalized spacial score (nSPS) is 14.2. The van der Waals surface area contributed by atoms with Crippen LogP contribution in [0.2, 0.25) is 0 Å². The Bertz CT molecular complexity index is 1050.